The fraction of sp³-hybridized carbons (Fsp3) is 0.500. The van der Waals surface area contributed by atoms with Crippen LogP contribution in [0.2, 0.25) is 0 Å². The van der Waals surface area contributed by atoms with E-state index in [9.17, 15) is 9.59 Å². The van der Waals surface area contributed by atoms with Crippen LogP contribution in [0, 0.1) is 13.8 Å². The number of carboxylic acid groups (broad SMARTS) is 1. The van der Waals surface area contributed by atoms with Gasteiger partial charge in [-0.2, -0.15) is 4.98 Å². The van der Waals surface area contributed by atoms with Gasteiger partial charge in [-0.15, -0.1) is 5.10 Å². The van der Waals surface area contributed by atoms with E-state index in [4.69, 9.17) is 5.11 Å². The molecule has 0 atom stereocenters. The maximum atomic E-state index is 12.2. The van der Waals surface area contributed by atoms with Gasteiger partial charge in [0.1, 0.15) is 0 Å². The number of carboxylic acids is 1. The third-order valence-corrected chi connectivity index (χ3v) is 3.24. The van der Waals surface area contributed by atoms with E-state index in [1.807, 2.05) is 19.9 Å². The highest BCUT2D eigenvalue weighted by atomic mass is 16.4. The van der Waals surface area contributed by atoms with Crippen molar-refractivity contribution in [3.8, 4) is 0 Å². The topological polar surface area (TPSA) is 109 Å². The minimum atomic E-state index is -0.900. The van der Waals surface area contributed by atoms with Gasteiger partial charge in [0.05, 0.1) is 0 Å². The smallest absolute Gasteiger partial charge is 0.303 e. The highest BCUT2D eigenvalue weighted by Gasteiger charge is 2.24. The number of carbonyl (C=O) groups is 2. The molecular weight excluding hydrogens is 286 g/mol. The monoisotopic (exact) mass is 305 g/mol. The summed E-state index contributed by atoms with van der Waals surface area (Å²) in [6.45, 7) is 7.22. The molecule has 1 amide bonds. The predicted molar refractivity (Wildman–Crippen MR) is 78.7 cm³/mol. The van der Waals surface area contributed by atoms with Crippen molar-refractivity contribution in [1.29, 1.82) is 0 Å². The van der Waals surface area contributed by atoms with E-state index in [1.54, 1.807) is 13.8 Å². The van der Waals surface area contributed by atoms with Gasteiger partial charge in [-0.05, 0) is 40.2 Å². The second-order valence-corrected chi connectivity index (χ2v) is 5.92. The summed E-state index contributed by atoms with van der Waals surface area (Å²) in [5, 5.41) is 15.6. The van der Waals surface area contributed by atoms with Gasteiger partial charge in [0.25, 0.3) is 11.7 Å². The lowest BCUT2D eigenvalue weighted by atomic mass is 9.98. The number of carbonyl (C=O) groups excluding carboxylic acids is 1. The Bertz CT molecular complexity index is 735. The Morgan fingerprint density at radius 2 is 2.00 bits per heavy atom. The first-order chi connectivity index (χ1) is 10.2. The molecule has 0 saturated carbocycles. The molecule has 2 N–H and O–H groups in total. The quantitative estimate of drug-likeness (QED) is 0.856. The minimum absolute atomic E-state index is 0.0181. The Kier molecular flexibility index (Phi) is 4.11. The van der Waals surface area contributed by atoms with Crippen molar-refractivity contribution >= 4 is 17.7 Å². The Hall–Kier alpha value is -2.51. The van der Waals surface area contributed by atoms with Gasteiger partial charge in [0.15, 0.2) is 0 Å². The van der Waals surface area contributed by atoms with Crippen molar-refractivity contribution in [2.45, 2.75) is 46.1 Å². The zero-order valence-electron chi connectivity index (χ0n) is 13.0. The minimum Gasteiger partial charge on any atom is -0.481 e. The lowest BCUT2D eigenvalue weighted by Crippen LogP contribution is -2.44. The van der Waals surface area contributed by atoms with Gasteiger partial charge >= 0.3 is 5.97 Å². The predicted octanol–water partition coefficient (Wildman–Crippen LogP) is 1.11. The van der Waals surface area contributed by atoms with Gasteiger partial charge < -0.3 is 10.4 Å². The molecule has 22 heavy (non-hydrogen) atoms. The summed E-state index contributed by atoms with van der Waals surface area (Å²) in [6.07, 6.45) is 0.295. The van der Waals surface area contributed by atoms with Crippen LogP contribution in [-0.4, -0.2) is 42.1 Å². The van der Waals surface area contributed by atoms with Crippen molar-refractivity contribution < 1.29 is 14.7 Å². The number of fused-ring (bicyclic) bond motifs is 1. The van der Waals surface area contributed by atoms with Crippen LogP contribution >= 0.6 is 0 Å². The van der Waals surface area contributed by atoms with Gasteiger partial charge in [0.2, 0.25) is 5.82 Å². The lowest BCUT2D eigenvalue weighted by Gasteiger charge is -2.24. The molecule has 0 fully saturated rings. The van der Waals surface area contributed by atoms with Crippen molar-refractivity contribution in [3.05, 3.63) is 23.3 Å². The van der Waals surface area contributed by atoms with Crippen LogP contribution in [0.1, 0.15) is 48.7 Å². The molecule has 0 radical (unpaired) electrons. The van der Waals surface area contributed by atoms with Gasteiger partial charge in [0, 0.05) is 23.3 Å². The Morgan fingerprint density at radius 1 is 1.32 bits per heavy atom. The number of nitrogens with one attached hydrogen (secondary N) is 1. The lowest BCUT2D eigenvalue weighted by molar-refractivity contribution is -0.137. The fourth-order valence-electron chi connectivity index (χ4n) is 2.11. The molecule has 0 aliphatic rings. The van der Waals surface area contributed by atoms with E-state index in [-0.39, 0.29) is 12.2 Å². The number of aryl methyl sites for hydroxylation is 2. The van der Waals surface area contributed by atoms with E-state index in [1.165, 1.54) is 4.52 Å². The number of nitrogens with zero attached hydrogens (tertiary/aromatic N) is 4. The van der Waals surface area contributed by atoms with Crippen LogP contribution in [-0.2, 0) is 4.79 Å². The third-order valence-electron chi connectivity index (χ3n) is 3.24. The number of rotatable bonds is 5. The maximum Gasteiger partial charge on any atom is 0.303 e. The molecule has 118 valence electrons. The number of hydrogen-bond acceptors (Lipinski definition) is 5. The Morgan fingerprint density at radius 3 is 2.64 bits per heavy atom. The molecule has 0 aromatic carbocycles. The second kappa shape index (κ2) is 5.70. The number of hydrogen-bond donors (Lipinski definition) is 2. The largest absolute Gasteiger partial charge is 0.481 e. The summed E-state index contributed by atoms with van der Waals surface area (Å²) < 4.78 is 1.51. The molecule has 0 aliphatic heterocycles. The Balaban J connectivity index is 2.19. The summed E-state index contributed by atoms with van der Waals surface area (Å²) in [4.78, 5) is 31.2. The van der Waals surface area contributed by atoms with Gasteiger partial charge in [-0.25, -0.2) is 9.50 Å². The van der Waals surface area contributed by atoms with E-state index >= 15 is 0 Å². The highest BCUT2D eigenvalue weighted by molar-refractivity contribution is 5.91. The number of aliphatic carboxylic acids is 1. The van der Waals surface area contributed by atoms with Crippen molar-refractivity contribution in [2.75, 3.05) is 0 Å². The summed E-state index contributed by atoms with van der Waals surface area (Å²) in [6, 6.07) is 1.85. The molecular formula is C14H19N5O3. The van der Waals surface area contributed by atoms with Crippen LogP contribution in [0.3, 0.4) is 0 Å². The Labute approximate surface area is 127 Å². The molecule has 8 nitrogen and oxygen atoms in total. The second-order valence-electron chi connectivity index (χ2n) is 5.92. The first kappa shape index (κ1) is 15.9. The first-order valence-electron chi connectivity index (χ1n) is 6.93. The molecule has 2 aromatic rings. The SMILES string of the molecule is Cc1cc(C)n2nc(C(=O)NC(C)(C)CCC(=O)O)nc2n1. The zero-order valence-corrected chi connectivity index (χ0v) is 13.0. The van der Waals surface area contributed by atoms with E-state index in [2.05, 4.69) is 20.4 Å². The molecule has 0 bridgehead atoms. The summed E-state index contributed by atoms with van der Waals surface area (Å²) in [5.41, 5.74) is 0.969. The van der Waals surface area contributed by atoms with Crippen molar-refractivity contribution in [1.82, 2.24) is 24.9 Å². The number of amides is 1. The first-order valence-corrected chi connectivity index (χ1v) is 6.93. The molecule has 0 saturated heterocycles. The molecule has 2 heterocycles. The summed E-state index contributed by atoms with van der Waals surface area (Å²) >= 11 is 0. The number of aromatic nitrogens is 4. The molecule has 2 aromatic heterocycles. The summed E-state index contributed by atoms with van der Waals surface area (Å²) in [5.74, 6) is -0.961. The molecule has 0 unspecified atom stereocenters. The van der Waals surface area contributed by atoms with E-state index < -0.39 is 17.4 Å². The summed E-state index contributed by atoms with van der Waals surface area (Å²) in [7, 11) is 0. The molecule has 8 heteroatoms. The van der Waals surface area contributed by atoms with Crippen LogP contribution in [0.15, 0.2) is 6.07 Å². The van der Waals surface area contributed by atoms with Crippen molar-refractivity contribution in [3.63, 3.8) is 0 Å². The third kappa shape index (κ3) is 3.57. The van der Waals surface area contributed by atoms with E-state index in [0.717, 1.165) is 11.4 Å². The normalized spacial score (nSPS) is 11.6. The average Bonchev–Trinajstić information content (AvgIpc) is 2.80. The maximum absolute atomic E-state index is 12.2. The van der Waals surface area contributed by atoms with Crippen LogP contribution < -0.4 is 5.32 Å². The zero-order chi connectivity index (χ0) is 16.5. The molecule has 0 spiro atoms. The van der Waals surface area contributed by atoms with Gasteiger partial charge in [-0.1, -0.05) is 0 Å². The highest BCUT2D eigenvalue weighted by Crippen LogP contribution is 2.12. The van der Waals surface area contributed by atoms with Crippen LogP contribution in [0.4, 0.5) is 0 Å². The van der Waals surface area contributed by atoms with Crippen molar-refractivity contribution in [2.24, 2.45) is 0 Å². The van der Waals surface area contributed by atoms with Gasteiger partial charge in [-0.3, -0.25) is 9.59 Å². The fourth-order valence-corrected chi connectivity index (χ4v) is 2.11. The van der Waals surface area contributed by atoms with Crippen LogP contribution in [0.25, 0.3) is 5.78 Å². The van der Waals surface area contributed by atoms with Crippen LogP contribution in [0.5, 0.6) is 0 Å². The standard InChI is InChI=1S/C14H19N5O3/c1-8-7-9(2)19-13(15-8)16-11(18-19)12(22)17-14(3,4)6-5-10(20)21/h7H,5-6H2,1-4H3,(H,17,22)(H,20,21). The molecule has 0 aliphatic carbocycles. The molecule has 2 rings (SSSR count). The average molecular weight is 305 g/mol. The van der Waals surface area contributed by atoms with E-state index in [0.29, 0.717) is 12.2 Å².